The molecule has 0 aliphatic carbocycles. The maximum Gasteiger partial charge on any atom is 0.0995 e. The van der Waals surface area contributed by atoms with Crippen LogP contribution in [0.15, 0.2) is 6.20 Å². The zero-order valence-corrected chi connectivity index (χ0v) is 8.03. The molecule has 1 aliphatic heterocycles. The van der Waals surface area contributed by atoms with Crippen molar-refractivity contribution in [2.24, 2.45) is 0 Å². The van der Waals surface area contributed by atoms with Gasteiger partial charge in [0, 0.05) is 6.20 Å². The molecular formula is C9H16N4. The maximum atomic E-state index is 4.09. The van der Waals surface area contributed by atoms with E-state index in [2.05, 4.69) is 27.2 Å². The van der Waals surface area contributed by atoms with E-state index in [1.165, 1.54) is 25.8 Å². The van der Waals surface area contributed by atoms with Gasteiger partial charge in [-0.3, -0.25) is 10.00 Å². The second-order valence-electron chi connectivity index (χ2n) is 3.54. The minimum atomic E-state index is 0.498. The number of piperidine rings is 1. The van der Waals surface area contributed by atoms with Gasteiger partial charge in [0.15, 0.2) is 0 Å². The molecule has 1 unspecified atom stereocenters. The van der Waals surface area contributed by atoms with Crippen LogP contribution in [0, 0.1) is 0 Å². The first-order valence-electron chi connectivity index (χ1n) is 5.02. The van der Waals surface area contributed by atoms with Crippen LogP contribution in [0.3, 0.4) is 0 Å². The minimum absolute atomic E-state index is 0.498. The van der Waals surface area contributed by atoms with Gasteiger partial charge in [0.2, 0.25) is 0 Å². The van der Waals surface area contributed by atoms with Gasteiger partial charge in [0.1, 0.15) is 0 Å². The molecule has 4 heteroatoms. The summed E-state index contributed by atoms with van der Waals surface area (Å²) in [5.41, 5.74) is 1.10. The zero-order valence-electron chi connectivity index (χ0n) is 8.03. The Bertz CT molecular complexity index is 244. The second-order valence-corrected chi connectivity index (χ2v) is 3.54. The number of hydrogen-bond acceptors (Lipinski definition) is 3. The van der Waals surface area contributed by atoms with Crippen molar-refractivity contribution in [2.45, 2.75) is 32.2 Å². The van der Waals surface area contributed by atoms with Gasteiger partial charge in [-0.1, -0.05) is 18.6 Å². The van der Waals surface area contributed by atoms with Crippen molar-refractivity contribution >= 4 is 0 Å². The Kier molecular flexibility index (Phi) is 2.59. The minimum Gasteiger partial charge on any atom is -0.295 e. The molecule has 1 aromatic heterocycles. The number of rotatable bonds is 2. The number of H-pyrrole nitrogens is 1. The van der Waals surface area contributed by atoms with E-state index in [1.807, 2.05) is 6.20 Å². The predicted octanol–water partition coefficient (Wildman–Crippen LogP) is 1.35. The van der Waals surface area contributed by atoms with Crippen molar-refractivity contribution in [3.63, 3.8) is 0 Å². The number of nitrogens with one attached hydrogen (secondary N) is 1. The summed E-state index contributed by atoms with van der Waals surface area (Å²) in [6, 6.07) is 0.498. The van der Waals surface area contributed by atoms with Gasteiger partial charge in [0.25, 0.3) is 0 Å². The van der Waals surface area contributed by atoms with Crippen LogP contribution in [-0.2, 0) is 0 Å². The monoisotopic (exact) mass is 180 g/mol. The highest BCUT2D eigenvalue weighted by Crippen LogP contribution is 2.28. The highest BCUT2D eigenvalue weighted by Gasteiger charge is 2.23. The SMILES string of the molecule is CCN1CCCCC1c1c[nH]nn1. The van der Waals surface area contributed by atoms with Crippen LogP contribution < -0.4 is 0 Å². The topological polar surface area (TPSA) is 44.8 Å². The molecule has 72 valence electrons. The summed E-state index contributed by atoms with van der Waals surface area (Å²) in [5, 5.41) is 10.6. The molecule has 2 heterocycles. The molecule has 0 spiro atoms. The standard InChI is InChI=1S/C9H16N4/c1-2-13-6-4-3-5-9(13)8-7-10-12-11-8/h7,9H,2-6H2,1H3,(H,10,11,12). The average molecular weight is 180 g/mol. The zero-order chi connectivity index (χ0) is 9.10. The van der Waals surface area contributed by atoms with Crippen molar-refractivity contribution < 1.29 is 0 Å². The molecule has 13 heavy (non-hydrogen) atoms. The van der Waals surface area contributed by atoms with E-state index in [1.54, 1.807) is 0 Å². The van der Waals surface area contributed by atoms with Crippen LogP contribution in [0.2, 0.25) is 0 Å². The first-order valence-corrected chi connectivity index (χ1v) is 5.02. The van der Waals surface area contributed by atoms with E-state index in [4.69, 9.17) is 0 Å². The maximum absolute atomic E-state index is 4.09. The molecule has 1 saturated heterocycles. The first-order chi connectivity index (χ1) is 6.42. The van der Waals surface area contributed by atoms with Crippen LogP contribution >= 0.6 is 0 Å². The number of nitrogens with zero attached hydrogens (tertiary/aromatic N) is 3. The Morgan fingerprint density at radius 2 is 2.54 bits per heavy atom. The molecule has 0 aromatic carbocycles. The fourth-order valence-electron chi connectivity index (χ4n) is 2.08. The Labute approximate surface area is 78.3 Å². The van der Waals surface area contributed by atoms with Crippen LogP contribution in [0.1, 0.15) is 37.9 Å². The Hall–Kier alpha value is -0.900. The molecule has 0 radical (unpaired) electrons. The van der Waals surface area contributed by atoms with Gasteiger partial charge in [-0.15, -0.1) is 5.10 Å². The third kappa shape index (κ3) is 1.72. The second kappa shape index (κ2) is 3.87. The summed E-state index contributed by atoms with van der Waals surface area (Å²) in [5.74, 6) is 0. The normalized spacial score (nSPS) is 24.8. The first kappa shape index (κ1) is 8.69. The molecular weight excluding hydrogens is 164 g/mol. The van der Waals surface area contributed by atoms with Gasteiger partial charge in [-0.2, -0.15) is 0 Å². The van der Waals surface area contributed by atoms with E-state index in [0.29, 0.717) is 6.04 Å². The summed E-state index contributed by atoms with van der Waals surface area (Å²) >= 11 is 0. The van der Waals surface area contributed by atoms with Crippen LogP contribution in [0.4, 0.5) is 0 Å². The van der Waals surface area contributed by atoms with Gasteiger partial charge >= 0.3 is 0 Å². The molecule has 2 rings (SSSR count). The lowest BCUT2D eigenvalue weighted by Gasteiger charge is -2.33. The van der Waals surface area contributed by atoms with Gasteiger partial charge in [0.05, 0.1) is 11.7 Å². The summed E-state index contributed by atoms with van der Waals surface area (Å²) < 4.78 is 0. The number of hydrogen-bond donors (Lipinski definition) is 1. The van der Waals surface area contributed by atoms with Crippen LogP contribution in [0.5, 0.6) is 0 Å². The highest BCUT2D eigenvalue weighted by atomic mass is 15.3. The van der Waals surface area contributed by atoms with E-state index >= 15 is 0 Å². The molecule has 0 saturated carbocycles. The Morgan fingerprint density at radius 3 is 3.23 bits per heavy atom. The van der Waals surface area contributed by atoms with Gasteiger partial charge in [-0.05, 0) is 25.9 Å². The van der Waals surface area contributed by atoms with Gasteiger partial charge in [-0.25, -0.2) is 0 Å². The molecule has 0 amide bonds. The van der Waals surface area contributed by atoms with Crippen LogP contribution in [0.25, 0.3) is 0 Å². The van der Waals surface area contributed by atoms with Crippen molar-refractivity contribution in [3.05, 3.63) is 11.9 Å². The summed E-state index contributed by atoms with van der Waals surface area (Å²) in [6.07, 6.45) is 5.77. The lowest BCUT2D eigenvalue weighted by Crippen LogP contribution is -2.33. The number of likely N-dealkylation sites (tertiary alicyclic amines) is 1. The third-order valence-corrected chi connectivity index (χ3v) is 2.80. The molecule has 1 atom stereocenters. The molecule has 1 N–H and O–H groups in total. The molecule has 4 nitrogen and oxygen atoms in total. The van der Waals surface area contributed by atoms with E-state index in [0.717, 1.165) is 12.2 Å². The van der Waals surface area contributed by atoms with E-state index in [9.17, 15) is 0 Å². The summed E-state index contributed by atoms with van der Waals surface area (Å²) in [6.45, 7) is 4.52. The molecule has 0 bridgehead atoms. The lowest BCUT2D eigenvalue weighted by molar-refractivity contribution is 0.153. The Balaban J connectivity index is 2.11. The van der Waals surface area contributed by atoms with Crippen LogP contribution in [-0.4, -0.2) is 33.4 Å². The fourth-order valence-corrected chi connectivity index (χ4v) is 2.08. The molecule has 1 fully saturated rings. The largest absolute Gasteiger partial charge is 0.295 e. The van der Waals surface area contributed by atoms with Crippen molar-refractivity contribution in [3.8, 4) is 0 Å². The van der Waals surface area contributed by atoms with Crippen molar-refractivity contribution in [2.75, 3.05) is 13.1 Å². The fraction of sp³-hybridized carbons (Fsp3) is 0.778. The number of aromatic nitrogens is 3. The molecule has 1 aromatic rings. The lowest BCUT2D eigenvalue weighted by atomic mass is 10.00. The van der Waals surface area contributed by atoms with Crippen molar-refractivity contribution in [1.82, 2.24) is 20.3 Å². The van der Waals surface area contributed by atoms with Gasteiger partial charge < -0.3 is 0 Å². The van der Waals surface area contributed by atoms with E-state index < -0.39 is 0 Å². The van der Waals surface area contributed by atoms with E-state index in [-0.39, 0.29) is 0 Å². The predicted molar refractivity (Wildman–Crippen MR) is 50.2 cm³/mol. The quantitative estimate of drug-likeness (QED) is 0.747. The molecule has 1 aliphatic rings. The highest BCUT2D eigenvalue weighted by molar-refractivity contribution is 5.01. The summed E-state index contributed by atoms with van der Waals surface area (Å²) in [7, 11) is 0. The summed E-state index contributed by atoms with van der Waals surface area (Å²) in [4.78, 5) is 2.47. The van der Waals surface area contributed by atoms with Crippen molar-refractivity contribution in [1.29, 1.82) is 0 Å². The Morgan fingerprint density at radius 1 is 1.62 bits per heavy atom. The average Bonchev–Trinajstić information content (AvgIpc) is 2.70. The number of aromatic amines is 1. The third-order valence-electron chi connectivity index (χ3n) is 2.80. The smallest absolute Gasteiger partial charge is 0.0995 e.